The fourth-order valence-corrected chi connectivity index (χ4v) is 2.75. The average molecular weight is 279 g/mol. The van der Waals surface area contributed by atoms with Gasteiger partial charge in [-0.1, -0.05) is 42.0 Å². The zero-order chi connectivity index (χ0) is 14.7. The molecule has 0 spiro atoms. The topological polar surface area (TPSA) is 20.2 Å². The van der Waals surface area contributed by atoms with Gasteiger partial charge in [0.15, 0.2) is 0 Å². The average Bonchev–Trinajstić information content (AvgIpc) is 2.95. The van der Waals surface area contributed by atoms with Crippen molar-refractivity contribution in [3.05, 3.63) is 71.4 Å². The molecule has 1 atom stereocenters. The monoisotopic (exact) mass is 279 g/mol. The number of fused-ring (bicyclic) bond motifs is 1. The highest BCUT2D eigenvalue weighted by molar-refractivity contribution is 5.79. The minimum Gasteiger partial charge on any atom is -0.361 e. The summed E-state index contributed by atoms with van der Waals surface area (Å²) in [6.45, 7) is 4.38. The lowest BCUT2D eigenvalue weighted by Crippen LogP contribution is -3.07. The molecule has 0 amide bonds. The summed E-state index contributed by atoms with van der Waals surface area (Å²) < 4.78 is 0. The van der Waals surface area contributed by atoms with Crippen LogP contribution in [-0.2, 0) is 13.0 Å². The molecule has 0 saturated heterocycles. The SMILES string of the molecule is Cc1ccc(C[NH+](C)CCc2ccc3cc[nH]c3c2)cc1. The molecule has 1 aromatic heterocycles. The van der Waals surface area contributed by atoms with E-state index >= 15 is 0 Å². The minimum absolute atomic E-state index is 1.09. The van der Waals surface area contributed by atoms with E-state index in [9.17, 15) is 0 Å². The van der Waals surface area contributed by atoms with Gasteiger partial charge in [-0.25, -0.2) is 0 Å². The Morgan fingerprint density at radius 1 is 0.952 bits per heavy atom. The normalized spacial score (nSPS) is 12.7. The van der Waals surface area contributed by atoms with Gasteiger partial charge in [0, 0.05) is 23.7 Å². The molecule has 0 radical (unpaired) electrons. The second kappa shape index (κ2) is 6.15. The summed E-state index contributed by atoms with van der Waals surface area (Å²) in [6, 6.07) is 17.7. The molecular weight excluding hydrogens is 256 g/mol. The number of aryl methyl sites for hydroxylation is 1. The molecule has 0 aliphatic rings. The molecule has 2 N–H and O–H groups in total. The van der Waals surface area contributed by atoms with Crippen molar-refractivity contribution in [2.75, 3.05) is 13.6 Å². The molecule has 108 valence electrons. The Morgan fingerprint density at radius 3 is 2.52 bits per heavy atom. The largest absolute Gasteiger partial charge is 0.361 e. The van der Waals surface area contributed by atoms with Crippen LogP contribution in [0.3, 0.4) is 0 Å². The Bertz CT molecular complexity index is 710. The highest BCUT2D eigenvalue weighted by Gasteiger charge is 2.05. The number of aromatic amines is 1. The Hall–Kier alpha value is -2.06. The highest BCUT2D eigenvalue weighted by Crippen LogP contribution is 2.14. The van der Waals surface area contributed by atoms with E-state index in [0.717, 1.165) is 19.5 Å². The van der Waals surface area contributed by atoms with Gasteiger partial charge in [0.05, 0.1) is 13.6 Å². The second-order valence-electron chi connectivity index (χ2n) is 6.02. The number of benzene rings is 2. The summed E-state index contributed by atoms with van der Waals surface area (Å²) in [6.07, 6.45) is 3.12. The van der Waals surface area contributed by atoms with Crippen LogP contribution in [0.1, 0.15) is 16.7 Å². The van der Waals surface area contributed by atoms with E-state index in [1.165, 1.54) is 27.6 Å². The predicted octanol–water partition coefficient (Wildman–Crippen LogP) is 2.73. The van der Waals surface area contributed by atoms with Crippen molar-refractivity contribution in [1.82, 2.24) is 4.98 Å². The van der Waals surface area contributed by atoms with Gasteiger partial charge in [-0.2, -0.15) is 0 Å². The number of hydrogen-bond acceptors (Lipinski definition) is 0. The molecule has 0 bridgehead atoms. The van der Waals surface area contributed by atoms with Crippen LogP contribution in [0.15, 0.2) is 54.7 Å². The minimum atomic E-state index is 1.09. The molecule has 0 aliphatic heterocycles. The van der Waals surface area contributed by atoms with Crippen LogP contribution in [0.25, 0.3) is 10.9 Å². The quantitative estimate of drug-likeness (QED) is 0.716. The zero-order valence-electron chi connectivity index (χ0n) is 12.8. The number of rotatable bonds is 5. The first kappa shape index (κ1) is 13.9. The van der Waals surface area contributed by atoms with Crippen LogP contribution in [0.2, 0.25) is 0 Å². The Kier molecular flexibility index (Phi) is 4.07. The lowest BCUT2D eigenvalue weighted by molar-refractivity contribution is -0.893. The molecule has 2 nitrogen and oxygen atoms in total. The molecule has 1 heterocycles. The third-order valence-corrected chi connectivity index (χ3v) is 4.09. The first-order chi connectivity index (χ1) is 10.2. The van der Waals surface area contributed by atoms with E-state index in [0.29, 0.717) is 0 Å². The first-order valence-corrected chi connectivity index (χ1v) is 7.63. The Balaban J connectivity index is 1.57. The van der Waals surface area contributed by atoms with Crippen molar-refractivity contribution in [1.29, 1.82) is 0 Å². The van der Waals surface area contributed by atoms with E-state index in [-0.39, 0.29) is 0 Å². The summed E-state index contributed by atoms with van der Waals surface area (Å²) >= 11 is 0. The Labute approximate surface area is 126 Å². The van der Waals surface area contributed by atoms with Gasteiger partial charge in [-0.3, -0.25) is 0 Å². The van der Waals surface area contributed by atoms with Gasteiger partial charge in [0.2, 0.25) is 0 Å². The van der Waals surface area contributed by atoms with Gasteiger partial charge in [-0.05, 0) is 30.0 Å². The van der Waals surface area contributed by atoms with Gasteiger partial charge in [0.25, 0.3) is 0 Å². The lowest BCUT2D eigenvalue weighted by atomic mass is 10.1. The standard InChI is InChI=1S/C19H22N2/c1-15-3-5-17(6-4-15)14-21(2)12-10-16-7-8-18-9-11-20-19(18)13-16/h3-9,11,13,20H,10,12,14H2,1-2H3/p+1. The molecule has 2 aromatic carbocycles. The summed E-state index contributed by atoms with van der Waals surface area (Å²) in [7, 11) is 2.27. The maximum Gasteiger partial charge on any atom is 0.103 e. The van der Waals surface area contributed by atoms with E-state index in [1.807, 2.05) is 6.20 Å². The fraction of sp³-hybridized carbons (Fsp3) is 0.263. The summed E-state index contributed by atoms with van der Waals surface area (Å²) in [5.41, 5.74) is 5.39. The van der Waals surface area contributed by atoms with E-state index < -0.39 is 0 Å². The second-order valence-corrected chi connectivity index (χ2v) is 6.02. The van der Waals surface area contributed by atoms with Crippen molar-refractivity contribution >= 4 is 10.9 Å². The molecule has 0 fully saturated rings. The van der Waals surface area contributed by atoms with Crippen LogP contribution in [-0.4, -0.2) is 18.6 Å². The van der Waals surface area contributed by atoms with Gasteiger partial charge >= 0.3 is 0 Å². The van der Waals surface area contributed by atoms with Crippen molar-refractivity contribution in [3.8, 4) is 0 Å². The summed E-state index contributed by atoms with van der Waals surface area (Å²) in [5, 5.41) is 1.29. The number of hydrogen-bond donors (Lipinski definition) is 2. The highest BCUT2D eigenvalue weighted by atomic mass is 15.1. The van der Waals surface area contributed by atoms with Crippen LogP contribution in [0.4, 0.5) is 0 Å². The molecule has 1 unspecified atom stereocenters. The van der Waals surface area contributed by atoms with Crippen molar-refractivity contribution in [2.45, 2.75) is 19.9 Å². The molecular formula is C19H23N2+. The molecule has 3 aromatic rings. The van der Waals surface area contributed by atoms with Gasteiger partial charge in [-0.15, -0.1) is 0 Å². The smallest absolute Gasteiger partial charge is 0.103 e. The number of nitrogens with one attached hydrogen (secondary N) is 2. The van der Waals surface area contributed by atoms with Crippen LogP contribution in [0.5, 0.6) is 0 Å². The van der Waals surface area contributed by atoms with E-state index in [4.69, 9.17) is 0 Å². The van der Waals surface area contributed by atoms with Gasteiger partial charge < -0.3 is 9.88 Å². The molecule has 21 heavy (non-hydrogen) atoms. The number of quaternary nitrogens is 1. The maximum atomic E-state index is 3.29. The van der Waals surface area contributed by atoms with Gasteiger partial charge in [0.1, 0.15) is 6.54 Å². The van der Waals surface area contributed by atoms with E-state index in [1.54, 1.807) is 4.90 Å². The van der Waals surface area contributed by atoms with Crippen molar-refractivity contribution < 1.29 is 4.90 Å². The number of likely N-dealkylation sites (N-methyl/N-ethyl adjacent to an activating group) is 1. The number of aromatic nitrogens is 1. The third kappa shape index (κ3) is 3.53. The lowest BCUT2D eigenvalue weighted by Gasteiger charge is -2.14. The summed E-state index contributed by atoms with van der Waals surface area (Å²) in [4.78, 5) is 4.83. The summed E-state index contributed by atoms with van der Waals surface area (Å²) in [5.74, 6) is 0. The molecule has 0 aliphatic carbocycles. The van der Waals surface area contributed by atoms with Crippen LogP contribution >= 0.6 is 0 Å². The van der Waals surface area contributed by atoms with Crippen LogP contribution < -0.4 is 4.90 Å². The van der Waals surface area contributed by atoms with Crippen LogP contribution in [0, 0.1) is 6.92 Å². The van der Waals surface area contributed by atoms with E-state index in [2.05, 4.69) is 67.5 Å². The third-order valence-electron chi connectivity index (χ3n) is 4.09. The number of H-pyrrole nitrogens is 1. The predicted molar refractivity (Wildman–Crippen MR) is 88.6 cm³/mol. The van der Waals surface area contributed by atoms with Crippen molar-refractivity contribution in [2.24, 2.45) is 0 Å². The van der Waals surface area contributed by atoms with Crippen molar-refractivity contribution in [3.63, 3.8) is 0 Å². The fourth-order valence-electron chi connectivity index (χ4n) is 2.75. The molecule has 2 heteroatoms. The molecule has 3 rings (SSSR count). The Morgan fingerprint density at radius 2 is 1.71 bits per heavy atom. The zero-order valence-corrected chi connectivity index (χ0v) is 12.8. The first-order valence-electron chi connectivity index (χ1n) is 7.63. The molecule has 0 saturated carbocycles. The maximum absolute atomic E-state index is 3.29.